The van der Waals surface area contributed by atoms with Crippen molar-refractivity contribution in [3.05, 3.63) is 89.3 Å². The van der Waals surface area contributed by atoms with Gasteiger partial charge in [-0.2, -0.15) is 0 Å². The van der Waals surface area contributed by atoms with Gasteiger partial charge in [0, 0.05) is 17.8 Å². The Kier molecular flexibility index (Phi) is 5.35. The lowest BCUT2D eigenvalue weighted by molar-refractivity contribution is 0.102. The third-order valence-electron chi connectivity index (χ3n) is 3.64. The first-order chi connectivity index (χ1) is 13.3. The fourth-order valence-corrected chi connectivity index (χ4v) is 2.28. The molecule has 0 atom stereocenters. The Labute approximate surface area is 156 Å². The molecule has 5 nitrogen and oxygen atoms in total. The van der Waals surface area contributed by atoms with Crippen LogP contribution in [0.4, 0.5) is 28.9 Å². The number of hydrogen-bond acceptors (Lipinski definition) is 3. The number of benzene rings is 2. The molecule has 3 rings (SSSR count). The number of carbonyl (C=O) groups is 2. The quantitative estimate of drug-likeness (QED) is 0.659. The molecule has 0 bridgehead atoms. The summed E-state index contributed by atoms with van der Waals surface area (Å²) in [6, 6.07) is 7.95. The summed E-state index contributed by atoms with van der Waals surface area (Å²) in [6.45, 7) is 0. The maximum atomic E-state index is 13.6. The summed E-state index contributed by atoms with van der Waals surface area (Å²) in [5.41, 5.74) is -1.28. The Hall–Kier alpha value is -3.75. The maximum Gasteiger partial charge on any atom is 0.274 e. The average Bonchev–Trinajstić information content (AvgIpc) is 2.67. The zero-order valence-corrected chi connectivity index (χ0v) is 14.0. The normalized spacial score (nSPS) is 10.4. The monoisotopic (exact) mass is 389 g/mol. The third-order valence-corrected chi connectivity index (χ3v) is 3.64. The van der Waals surface area contributed by atoms with Crippen molar-refractivity contribution < 1.29 is 27.2 Å². The van der Waals surface area contributed by atoms with Crippen LogP contribution in [0.3, 0.4) is 0 Å². The number of para-hydroxylation sites is 1. The highest BCUT2D eigenvalue weighted by Gasteiger charge is 2.16. The number of hydrogen-bond donors (Lipinski definition) is 2. The molecule has 0 spiro atoms. The molecule has 0 saturated carbocycles. The Balaban J connectivity index is 1.79. The van der Waals surface area contributed by atoms with Crippen LogP contribution in [0.15, 0.2) is 54.7 Å². The van der Waals surface area contributed by atoms with Crippen LogP contribution in [-0.4, -0.2) is 16.8 Å². The number of anilines is 2. The molecular weight excluding hydrogens is 378 g/mol. The second-order valence-corrected chi connectivity index (χ2v) is 5.56. The SMILES string of the molecule is O=C(Nc1c(F)cccc1F)c1ccnc(C(=O)Nc2ccc(F)cc2F)c1. The van der Waals surface area contributed by atoms with Gasteiger partial charge in [-0.15, -0.1) is 0 Å². The van der Waals surface area contributed by atoms with E-state index in [1.165, 1.54) is 6.07 Å². The van der Waals surface area contributed by atoms with E-state index in [9.17, 15) is 27.2 Å². The zero-order valence-electron chi connectivity index (χ0n) is 14.0. The second kappa shape index (κ2) is 7.87. The van der Waals surface area contributed by atoms with Crippen molar-refractivity contribution >= 4 is 23.2 Å². The predicted molar refractivity (Wildman–Crippen MR) is 92.9 cm³/mol. The fraction of sp³-hybridized carbons (Fsp3) is 0. The van der Waals surface area contributed by atoms with Crippen LogP contribution >= 0.6 is 0 Å². The standard InChI is InChI=1S/C19H11F4N3O2/c20-11-4-5-15(14(23)9-11)25-19(28)16-8-10(6-7-24-16)18(27)26-17-12(21)2-1-3-13(17)22/h1-9H,(H,25,28)(H,26,27). The molecule has 142 valence electrons. The van der Waals surface area contributed by atoms with Gasteiger partial charge < -0.3 is 10.6 Å². The van der Waals surface area contributed by atoms with Gasteiger partial charge in [0.25, 0.3) is 11.8 Å². The summed E-state index contributed by atoms with van der Waals surface area (Å²) in [5, 5.41) is 4.27. The molecule has 1 aromatic heterocycles. The highest BCUT2D eigenvalue weighted by Crippen LogP contribution is 2.19. The highest BCUT2D eigenvalue weighted by atomic mass is 19.1. The van der Waals surface area contributed by atoms with Crippen molar-refractivity contribution in [2.75, 3.05) is 10.6 Å². The van der Waals surface area contributed by atoms with Gasteiger partial charge >= 0.3 is 0 Å². The third kappa shape index (κ3) is 4.14. The van der Waals surface area contributed by atoms with Gasteiger partial charge in [0.05, 0.1) is 5.69 Å². The van der Waals surface area contributed by atoms with Gasteiger partial charge in [-0.3, -0.25) is 14.6 Å². The molecule has 2 N–H and O–H groups in total. The van der Waals surface area contributed by atoms with E-state index < -0.39 is 40.8 Å². The molecule has 1 heterocycles. The molecule has 0 fully saturated rings. The Morgan fingerprint density at radius 3 is 2.18 bits per heavy atom. The van der Waals surface area contributed by atoms with E-state index in [2.05, 4.69) is 15.6 Å². The number of rotatable bonds is 4. The molecule has 9 heteroatoms. The first-order valence-electron chi connectivity index (χ1n) is 7.83. The average molecular weight is 389 g/mol. The van der Waals surface area contributed by atoms with Gasteiger partial charge in [-0.1, -0.05) is 6.07 Å². The van der Waals surface area contributed by atoms with Gasteiger partial charge in [0.1, 0.15) is 34.7 Å². The molecule has 0 aliphatic carbocycles. The van der Waals surface area contributed by atoms with Crippen LogP contribution in [0, 0.1) is 23.3 Å². The van der Waals surface area contributed by atoms with Crippen LogP contribution in [0.2, 0.25) is 0 Å². The maximum absolute atomic E-state index is 13.6. The van der Waals surface area contributed by atoms with E-state index in [1.54, 1.807) is 0 Å². The van der Waals surface area contributed by atoms with E-state index >= 15 is 0 Å². The number of halogens is 4. The smallest absolute Gasteiger partial charge is 0.274 e. The minimum atomic E-state index is -0.989. The minimum Gasteiger partial charge on any atom is -0.318 e. The molecule has 0 aliphatic heterocycles. The van der Waals surface area contributed by atoms with Gasteiger partial charge in [-0.25, -0.2) is 17.6 Å². The van der Waals surface area contributed by atoms with Crippen molar-refractivity contribution in [3.63, 3.8) is 0 Å². The molecule has 0 unspecified atom stereocenters. The zero-order chi connectivity index (χ0) is 20.3. The number of amides is 2. The number of aromatic nitrogens is 1. The van der Waals surface area contributed by atoms with Crippen molar-refractivity contribution in [1.82, 2.24) is 4.98 Å². The molecule has 3 aromatic rings. The first-order valence-corrected chi connectivity index (χ1v) is 7.83. The summed E-state index contributed by atoms with van der Waals surface area (Å²) in [6.07, 6.45) is 1.13. The Morgan fingerprint density at radius 1 is 0.786 bits per heavy atom. The summed E-state index contributed by atoms with van der Waals surface area (Å²) >= 11 is 0. The highest BCUT2D eigenvalue weighted by molar-refractivity contribution is 6.07. The van der Waals surface area contributed by atoms with Crippen LogP contribution in [-0.2, 0) is 0 Å². The first kappa shape index (κ1) is 19.0. The van der Waals surface area contributed by atoms with Crippen molar-refractivity contribution in [3.8, 4) is 0 Å². The predicted octanol–water partition coefficient (Wildman–Crippen LogP) is 4.14. The van der Waals surface area contributed by atoms with Gasteiger partial charge in [-0.05, 0) is 36.4 Å². The Morgan fingerprint density at radius 2 is 1.50 bits per heavy atom. The number of carbonyl (C=O) groups excluding carboxylic acids is 2. The van der Waals surface area contributed by atoms with E-state index in [0.717, 1.165) is 42.6 Å². The molecule has 0 radical (unpaired) electrons. The number of pyridine rings is 1. The van der Waals surface area contributed by atoms with E-state index in [-0.39, 0.29) is 16.9 Å². The molecule has 2 aromatic carbocycles. The topological polar surface area (TPSA) is 71.1 Å². The van der Waals surface area contributed by atoms with Crippen molar-refractivity contribution in [2.24, 2.45) is 0 Å². The lowest BCUT2D eigenvalue weighted by Crippen LogP contribution is -2.18. The summed E-state index contributed by atoms with van der Waals surface area (Å²) < 4.78 is 53.9. The van der Waals surface area contributed by atoms with E-state index in [4.69, 9.17) is 0 Å². The van der Waals surface area contributed by atoms with Crippen LogP contribution < -0.4 is 10.6 Å². The lowest BCUT2D eigenvalue weighted by atomic mass is 10.2. The van der Waals surface area contributed by atoms with Crippen LogP contribution in [0.1, 0.15) is 20.8 Å². The van der Waals surface area contributed by atoms with E-state index in [1.807, 2.05) is 0 Å². The number of nitrogens with one attached hydrogen (secondary N) is 2. The summed E-state index contributed by atoms with van der Waals surface area (Å²) in [7, 11) is 0. The molecule has 28 heavy (non-hydrogen) atoms. The van der Waals surface area contributed by atoms with Crippen LogP contribution in [0.5, 0.6) is 0 Å². The number of nitrogens with zero attached hydrogens (tertiary/aromatic N) is 1. The fourth-order valence-electron chi connectivity index (χ4n) is 2.28. The molecule has 0 saturated heterocycles. The molecule has 0 aliphatic rings. The summed E-state index contributed by atoms with van der Waals surface area (Å²) in [5.74, 6) is -5.48. The van der Waals surface area contributed by atoms with Gasteiger partial charge in [0.15, 0.2) is 0 Å². The lowest BCUT2D eigenvalue weighted by Gasteiger charge is -2.09. The second-order valence-electron chi connectivity index (χ2n) is 5.56. The molecular formula is C19H11F4N3O2. The van der Waals surface area contributed by atoms with E-state index in [0.29, 0.717) is 6.07 Å². The van der Waals surface area contributed by atoms with Crippen molar-refractivity contribution in [1.29, 1.82) is 0 Å². The minimum absolute atomic E-state index is 0.109. The Bertz CT molecular complexity index is 1050. The van der Waals surface area contributed by atoms with Crippen LogP contribution in [0.25, 0.3) is 0 Å². The van der Waals surface area contributed by atoms with Gasteiger partial charge in [0.2, 0.25) is 0 Å². The molecule has 2 amide bonds. The largest absolute Gasteiger partial charge is 0.318 e. The summed E-state index contributed by atoms with van der Waals surface area (Å²) in [4.78, 5) is 28.2. The van der Waals surface area contributed by atoms with Crippen molar-refractivity contribution in [2.45, 2.75) is 0 Å².